The highest BCUT2D eigenvalue weighted by Gasteiger charge is 2.12. The van der Waals surface area contributed by atoms with Crippen molar-refractivity contribution in [3.63, 3.8) is 0 Å². The SMILES string of the molecule is CCOC(=O)/C=c1\s/c(=C\c2cccc(Cl)c2Cl)c(=O)n1CC(=O)Nc1cccc(F)c1. The van der Waals surface area contributed by atoms with E-state index in [0.717, 1.165) is 28.0 Å². The van der Waals surface area contributed by atoms with E-state index in [1.165, 1.54) is 24.3 Å². The minimum atomic E-state index is -0.652. The number of aromatic nitrogens is 1. The number of carbonyl (C=O) groups excluding carboxylic acids is 2. The molecule has 0 radical (unpaired) electrons. The summed E-state index contributed by atoms with van der Waals surface area (Å²) in [7, 11) is 0. The van der Waals surface area contributed by atoms with Crippen LogP contribution >= 0.6 is 34.5 Å². The summed E-state index contributed by atoms with van der Waals surface area (Å²) in [5, 5.41) is 3.12. The van der Waals surface area contributed by atoms with Crippen LogP contribution in [-0.4, -0.2) is 23.1 Å². The largest absolute Gasteiger partial charge is 0.463 e. The predicted octanol–water partition coefficient (Wildman–Crippen LogP) is 3.17. The second kappa shape index (κ2) is 10.6. The van der Waals surface area contributed by atoms with Crippen LogP contribution in [0.1, 0.15) is 12.5 Å². The number of anilines is 1. The molecule has 1 amide bonds. The van der Waals surface area contributed by atoms with Crippen LogP contribution in [0.4, 0.5) is 10.1 Å². The molecule has 1 N–H and O–H groups in total. The molecule has 0 bridgehead atoms. The summed E-state index contributed by atoms with van der Waals surface area (Å²) in [6, 6.07) is 10.3. The maximum atomic E-state index is 13.4. The average Bonchev–Trinajstić information content (AvgIpc) is 3.00. The third kappa shape index (κ3) is 5.85. The molecule has 0 spiro atoms. The molecule has 166 valence electrons. The molecule has 0 atom stereocenters. The first kappa shape index (κ1) is 23.7. The zero-order valence-corrected chi connectivity index (χ0v) is 19.1. The first-order chi connectivity index (χ1) is 15.3. The highest BCUT2D eigenvalue weighted by Crippen LogP contribution is 2.25. The topological polar surface area (TPSA) is 77.4 Å². The molecule has 1 aromatic heterocycles. The number of thiazole rings is 1. The second-order valence-corrected chi connectivity index (χ2v) is 8.29. The Hall–Kier alpha value is -2.94. The van der Waals surface area contributed by atoms with Gasteiger partial charge in [0.1, 0.15) is 17.0 Å². The molecule has 0 aliphatic heterocycles. The normalized spacial score (nSPS) is 12.1. The van der Waals surface area contributed by atoms with Crippen molar-refractivity contribution < 1.29 is 18.7 Å². The molecule has 6 nitrogen and oxygen atoms in total. The summed E-state index contributed by atoms with van der Waals surface area (Å²) >= 11 is 13.2. The number of hydrogen-bond donors (Lipinski definition) is 1. The molecule has 3 rings (SSSR count). The van der Waals surface area contributed by atoms with E-state index in [-0.39, 0.29) is 26.5 Å². The Balaban J connectivity index is 2.04. The van der Waals surface area contributed by atoms with Crippen LogP contribution < -0.4 is 20.1 Å². The maximum Gasteiger partial charge on any atom is 0.333 e. The van der Waals surface area contributed by atoms with Gasteiger partial charge in [0.2, 0.25) is 5.91 Å². The highest BCUT2D eigenvalue weighted by atomic mass is 35.5. The summed E-state index contributed by atoms with van der Waals surface area (Å²) in [6.45, 7) is 1.41. The van der Waals surface area contributed by atoms with Crippen molar-refractivity contribution >= 4 is 64.3 Å². The van der Waals surface area contributed by atoms with E-state index < -0.39 is 29.8 Å². The summed E-state index contributed by atoms with van der Waals surface area (Å²) in [4.78, 5) is 37.5. The van der Waals surface area contributed by atoms with Gasteiger partial charge in [0.15, 0.2) is 0 Å². The van der Waals surface area contributed by atoms with Crippen LogP contribution in [0.25, 0.3) is 12.2 Å². The Morgan fingerprint density at radius 1 is 1.22 bits per heavy atom. The van der Waals surface area contributed by atoms with E-state index in [4.69, 9.17) is 27.9 Å². The molecule has 32 heavy (non-hydrogen) atoms. The second-order valence-electron chi connectivity index (χ2n) is 6.44. The number of amides is 1. The maximum absolute atomic E-state index is 13.4. The third-order valence-corrected chi connectivity index (χ3v) is 6.04. The Labute approximate surface area is 196 Å². The number of halogens is 3. The minimum Gasteiger partial charge on any atom is -0.463 e. The van der Waals surface area contributed by atoms with Crippen molar-refractivity contribution in [1.29, 1.82) is 0 Å². The standard InChI is InChI=1S/C22H17Cl2FN2O4S/c1-2-31-20(29)11-19-27(12-18(28)26-15-7-4-6-14(25)10-15)22(30)17(32-19)9-13-5-3-8-16(23)21(13)24/h3-11H,2,12H2,1H3,(H,26,28)/b17-9-,19-11-. The lowest BCUT2D eigenvalue weighted by Crippen LogP contribution is -2.36. The summed E-state index contributed by atoms with van der Waals surface area (Å²) in [5.74, 6) is -1.73. The number of esters is 1. The molecular formula is C22H17Cl2FN2O4S. The van der Waals surface area contributed by atoms with Crippen LogP contribution in [0.5, 0.6) is 0 Å². The molecule has 3 aromatic rings. The van der Waals surface area contributed by atoms with Crippen molar-refractivity contribution in [3.8, 4) is 0 Å². The lowest BCUT2D eigenvalue weighted by Gasteiger charge is -2.06. The zero-order valence-electron chi connectivity index (χ0n) is 16.7. The fourth-order valence-corrected chi connectivity index (χ4v) is 4.15. The molecule has 0 unspecified atom stereocenters. The van der Waals surface area contributed by atoms with Gasteiger partial charge in [-0.15, -0.1) is 11.3 Å². The lowest BCUT2D eigenvalue weighted by molar-refractivity contribution is -0.135. The Bertz CT molecular complexity index is 1350. The van der Waals surface area contributed by atoms with E-state index in [1.54, 1.807) is 25.1 Å². The number of rotatable bonds is 6. The van der Waals surface area contributed by atoms with E-state index in [0.29, 0.717) is 10.6 Å². The van der Waals surface area contributed by atoms with Crippen molar-refractivity contribution in [2.24, 2.45) is 0 Å². The van der Waals surface area contributed by atoms with Gasteiger partial charge in [0.25, 0.3) is 5.56 Å². The van der Waals surface area contributed by atoms with E-state index in [9.17, 15) is 18.8 Å². The lowest BCUT2D eigenvalue weighted by atomic mass is 10.2. The monoisotopic (exact) mass is 494 g/mol. The predicted molar refractivity (Wildman–Crippen MR) is 124 cm³/mol. The first-order valence-corrected chi connectivity index (χ1v) is 10.9. The number of hydrogen-bond acceptors (Lipinski definition) is 5. The van der Waals surface area contributed by atoms with Crippen molar-refractivity contribution in [1.82, 2.24) is 4.57 Å². The summed E-state index contributed by atoms with van der Waals surface area (Å²) < 4.78 is 19.9. The van der Waals surface area contributed by atoms with Crippen LogP contribution in [0.2, 0.25) is 10.0 Å². The fourth-order valence-electron chi connectivity index (χ4n) is 2.76. The van der Waals surface area contributed by atoms with Crippen LogP contribution in [-0.2, 0) is 20.9 Å². The molecule has 2 aromatic carbocycles. The van der Waals surface area contributed by atoms with Crippen molar-refractivity contribution in [2.45, 2.75) is 13.5 Å². The van der Waals surface area contributed by atoms with Gasteiger partial charge < -0.3 is 10.1 Å². The van der Waals surface area contributed by atoms with Crippen molar-refractivity contribution in [2.75, 3.05) is 11.9 Å². The van der Waals surface area contributed by atoms with Gasteiger partial charge in [-0.1, -0.05) is 41.4 Å². The Kier molecular flexibility index (Phi) is 7.84. The van der Waals surface area contributed by atoms with E-state index in [2.05, 4.69) is 5.32 Å². The van der Waals surface area contributed by atoms with Gasteiger partial charge in [-0.2, -0.15) is 0 Å². The van der Waals surface area contributed by atoms with Gasteiger partial charge >= 0.3 is 5.97 Å². The molecule has 10 heteroatoms. The van der Waals surface area contributed by atoms with Crippen LogP contribution in [0, 0.1) is 5.82 Å². The van der Waals surface area contributed by atoms with Crippen LogP contribution in [0.3, 0.4) is 0 Å². The average molecular weight is 495 g/mol. The number of ether oxygens (including phenoxy) is 1. The van der Waals surface area contributed by atoms with Gasteiger partial charge in [-0.05, 0) is 42.8 Å². The van der Waals surface area contributed by atoms with Crippen LogP contribution in [0.15, 0.2) is 47.3 Å². The van der Waals surface area contributed by atoms with Gasteiger partial charge in [0.05, 0.1) is 27.3 Å². The van der Waals surface area contributed by atoms with Gasteiger partial charge in [-0.3, -0.25) is 14.2 Å². The fraction of sp³-hybridized carbons (Fsp3) is 0.136. The van der Waals surface area contributed by atoms with Crippen molar-refractivity contribution in [3.05, 3.63) is 83.4 Å². The molecule has 1 heterocycles. The molecule has 0 saturated heterocycles. The number of nitrogens with one attached hydrogen (secondary N) is 1. The molecule has 0 fully saturated rings. The minimum absolute atomic E-state index is 0.155. The Morgan fingerprint density at radius 3 is 2.69 bits per heavy atom. The van der Waals surface area contributed by atoms with E-state index >= 15 is 0 Å². The third-order valence-electron chi connectivity index (χ3n) is 4.14. The Morgan fingerprint density at radius 2 is 1.97 bits per heavy atom. The summed E-state index contributed by atoms with van der Waals surface area (Å²) in [5.41, 5.74) is 0.249. The molecular weight excluding hydrogens is 478 g/mol. The number of benzene rings is 2. The van der Waals surface area contributed by atoms with E-state index in [1.807, 2.05) is 0 Å². The van der Waals surface area contributed by atoms with Gasteiger partial charge in [0, 0.05) is 5.69 Å². The highest BCUT2D eigenvalue weighted by molar-refractivity contribution is 7.07. The first-order valence-electron chi connectivity index (χ1n) is 9.37. The summed E-state index contributed by atoms with van der Waals surface area (Å²) in [6.07, 6.45) is 2.67. The van der Waals surface area contributed by atoms with Gasteiger partial charge in [-0.25, -0.2) is 9.18 Å². The number of carbonyl (C=O) groups is 2. The molecule has 0 saturated carbocycles. The quantitative estimate of drug-likeness (QED) is 0.534. The molecule has 0 aliphatic rings. The molecule has 0 aliphatic carbocycles. The number of nitrogens with zero attached hydrogens (tertiary/aromatic N) is 1. The smallest absolute Gasteiger partial charge is 0.333 e. The zero-order chi connectivity index (χ0) is 23.3.